The Hall–Kier alpha value is -1.31. The minimum Gasteiger partial charge on any atom is -0.375 e. The summed E-state index contributed by atoms with van der Waals surface area (Å²) in [6.07, 6.45) is 1.79. The fourth-order valence-corrected chi connectivity index (χ4v) is 1.41. The lowest BCUT2D eigenvalue weighted by atomic mass is 10.1. The van der Waals surface area contributed by atoms with Gasteiger partial charge in [-0.25, -0.2) is 0 Å². The number of aldehydes is 1. The highest BCUT2D eigenvalue weighted by molar-refractivity contribution is 5.71. The molecule has 2 heteroatoms. The summed E-state index contributed by atoms with van der Waals surface area (Å²) in [6.45, 7) is 0. The van der Waals surface area contributed by atoms with Crippen LogP contribution < -0.4 is 5.32 Å². The third kappa shape index (κ3) is 1.00. The number of hydrogen-bond acceptors (Lipinski definition) is 2. The Kier molecular flexibility index (Phi) is 1.39. The van der Waals surface area contributed by atoms with Crippen molar-refractivity contribution >= 4 is 12.0 Å². The van der Waals surface area contributed by atoms with Gasteiger partial charge in [0.2, 0.25) is 0 Å². The molecule has 1 N–H and O–H groups in total. The molecule has 0 saturated carbocycles. The van der Waals surface area contributed by atoms with Crippen LogP contribution in [0, 0.1) is 0 Å². The van der Waals surface area contributed by atoms with E-state index in [0.717, 1.165) is 18.4 Å². The zero-order valence-corrected chi connectivity index (χ0v) is 6.08. The van der Waals surface area contributed by atoms with E-state index in [4.69, 9.17) is 0 Å². The largest absolute Gasteiger partial charge is 0.375 e. The maximum atomic E-state index is 10.4. The number of carbonyl (C=O) groups is 1. The molecule has 1 atom stereocenters. The quantitative estimate of drug-likeness (QED) is 0.605. The lowest BCUT2D eigenvalue weighted by molar-refractivity contribution is -0.108. The van der Waals surface area contributed by atoms with Crippen molar-refractivity contribution in [2.24, 2.45) is 0 Å². The molecule has 0 spiro atoms. The van der Waals surface area contributed by atoms with E-state index in [1.807, 2.05) is 24.3 Å². The molecule has 0 radical (unpaired) electrons. The average Bonchev–Trinajstić information content (AvgIpc) is 2.46. The zero-order valence-electron chi connectivity index (χ0n) is 6.08. The van der Waals surface area contributed by atoms with Crippen molar-refractivity contribution in [3.8, 4) is 0 Å². The van der Waals surface area contributed by atoms with E-state index in [9.17, 15) is 4.79 Å². The van der Waals surface area contributed by atoms with Gasteiger partial charge in [0.15, 0.2) is 0 Å². The average molecular weight is 147 g/mol. The Morgan fingerprint density at radius 1 is 1.45 bits per heavy atom. The Balaban J connectivity index is 2.33. The van der Waals surface area contributed by atoms with Crippen molar-refractivity contribution < 1.29 is 4.79 Å². The van der Waals surface area contributed by atoms with Gasteiger partial charge in [0.1, 0.15) is 6.29 Å². The van der Waals surface area contributed by atoms with Crippen LogP contribution in [0.1, 0.15) is 5.56 Å². The summed E-state index contributed by atoms with van der Waals surface area (Å²) >= 11 is 0. The molecule has 0 aromatic heterocycles. The van der Waals surface area contributed by atoms with Crippen LogP contribution in [0.4, 0.5) is 5.69 Å². The fourth-order valence-electron chi connectivity index (χ4n) is 1.41. The van der Waals surface area contributed by atoms with Gasteiger partial charge in [-0.3, -0.25) is 0 Å². The smallest absolute Gasteiger partial charge is 0.142 e. The first-order valence-corrected chi connectivity index (χ1v) is 3.70. The molecule has 1 aliphatic heterocycles. The van der Waals surface area contributed by atoms with Gasteiger partial charge >= 0.3 is 0 Å². The van der Waals surface area contributed by atoms with E-state index in [2.05, 4.69) is 5.32 Å². The minimum absolute atomic E-state index is 0.00704. The third-order valence-corrected chi connectivity index (χ3v) is 1.96. The van der Waals surface area contributed by atoms with Crippen molar-refractivity contribution in [2.75, 3.05) is 5.32 Å². The van der Waals surface area contributed by atoms with E-state index in [1.54, 1.807) is 0 Å². The van der Waals surface area contributed by atoms with Crippen LogP contribution in [-0.2, 0) is 11.2 Å². The number of fused-ring (bicyclic) bond motifs is 1. The van der Waals surface area contributed by atoms with Crippen molar-refractivity contribution in [3.05, 3.63) is 29.8 Å². The molecular formula is C9H9NO. The number of nitrogens with one attached hydrogen (secondary N) is 1. The second-order valence-electron chi connectivity index (χ2n) is 2.75. The van der Waals surface area contributed by atoms with E-state index >= 15 is 0 Å². The summed E-state index contributed by atoms with van der Waals surface area (Å²) in [6, 6.07) is 8.00. The predicted octanol–water partition coefficient (Wildman–Crippen LogP) is 1.22. The third-order valence-electron chi connectivity index (χ3n) is 1.96. The number of para-hydroxylation sites is 1. The van der Waals surface area contributed by atoms with Crippen molar-refractivity contribution in [1.29, 1.82) is 0 Å². The molecule has 0 bridgehead atoms. The molecule has 0 fully saturated rings. The number of rotatable bonds is 1. The second kappa shape index (κ2) is 2.38. The van der Waals surface area contributed by atoms with Crippen LogP contribution >= 0.6 is 0 Å². The van der Waals surface area contributed by atoms with Crippen molar-refractivity contribution in [2.45, 2.75) is 12.5 Å². The first-order chi connectivity index (χ1) is 5.40. The van der Waals surface area contributed by atoms with Gasteiger partial charge < -0.3 is 10.1 Å². The van der Waals surface area contributed by atoms with E-state index in [1.165, 1.54) is 5.56 Å². The van der Waals surface area contributed by atoms with Crippen LogP contribution in [0.15, 0.2) is 24.3 Å². The molecular weight excluding hydrogens is 138 g/mol. The summed E-state index contributed by atoms with van der Waals surface area (Å²) in [4.78, 5) is 10.4. The normalized spacial score (nSPS) is 20.5. The lowest BCUT2D eigenvalue weighted by Crippen LogP contribution is -2.15. The van der Waals surface area contributed by atoms with Gasteiger partial charge in [-0.2, -0.15) is 0 Å². The van der Waals surface area contributed by atoms with Gasteiger partial charge in [0.25, 0.3) is 0 Å². The number of anilines is 1. The van der Waals surface area contributed by atoms with Crippen LogP contribution in [0.3, 0.4) is 0 Å². The highest BCUT2D eigenvalue weighted by Gasteiger charge is 2.17. The van der Waals surface area contributed by atoms with Gasteiger partial charge in [0.05, 0.1) is 6.04 Å². The first kappa shape index (κ1) is 6.40. The molecule has 11 heavy (non-hydrogen) atoms. The molecule has 0 saturated heterocycles. The summed E-state index contributed by atoms with van der Waals surface area (Å²) < 4.78 is 0. The number of hydrogen-bond donors (Lipinski definition) is 1. The number of carbonyl (C=O) groups excluding carboxylic acids is 1. The van der Waals surface area contributed by atoms with Gasteiger partial charge in [0, 0.05) is 12.1 Å². The van der Waals surface area contributed by atoms with Crippen molar-refractivity contribution in [1.82, 2.24) is 0 Å². The van der Waals surface area contributed by atoms with Crippen LogP contribution in [0.5, 0.6) is 0 Å². The lowest BCUT2D eigenvalue weighted by Gasteiger charge is -1.99. The maximum Gasteiger partial charge on any atom is 0.142 e. The molecule has 1 aromatic carbocycles. The molecule has 1 heterocycles. The SMILES string of the molecule is O=CC1Cc2ccccc2N1. The topological polar surface area (TPSA) is 29.1 Å². The summed E-state index contributed by atoms with van der Waals surface area (Å²) in [5.74, 6) is 0. The van der Waals surface area contributed by atoms with Gasteiger partial charge in [-0.05, 0) is 11.6 Å². The summed E-state index contributed by atoms with van der Waals surface area (Å²) in [7, 11) is 0. The summed E-state index contributed by atoms with van der Waals surface area (Å²) in [5.41, 5.74) is 2.34. The second-order valence-corrected chi connectivity index (χ2v) is 2.75. The van der Waals surface area contributed by atoms with Crippen LogP contribution in [0.25, 0.3) is 0 Å². The molecule has 56 valence electrons. The fraction of sp³-hybridized carbons (Fsp3) is 0.222. The van der Waals surface area contributed by atoms with Crippen molar-refractivity contribution in [3.63, 3.8) is 0 Å². The molecule has 0 aliphatic carbocycles. The van der Waals surface area contributed by atoms with Gasteiger partial charge in [-0.1, -0.05) is 18.2 Å². The Bertz CT molecular complexity index is 258. The molecule has 0 amide bonds. The maximum absolute atomic E-state index is 10.4. The van der Waals surface area contributed by atoms with E-state index < -0.39 is 0 Å². The zero-order chi connectivity index (χ0) is 7.68. The highest BCUT2D eigenvalue weighted by Crippen LogP contribution is 2.23. The minimum atomic E-state index is -0.00704. The van der Waals surface area contributed by atoms with Crippen LogP contribution in [-0.4, -0.2) is 12.3 Å². The van der Waals surface area contributed by atoms with E-state index in [-0.39, 0.29) is 6.04 Å². The monoisotopic (exact) mass is 147 g/mol. The Morgan fingerprint density at radius 2 is 2.27 bits per heavy atom. The molecule has 1 aliphatic rings. The Labute approximate surface area is 65.2 Å². The summed E-state index contributed by atoms with van der Waals surface area (Å²) in [5, 5.41) is 3.12. The number of benzene rings is 1. The predicted molar refractivity (Wildman–Crippen MR) is 43.6 cm³/mol. The Morgan fingerprint density at radius 3 is 3.00 bits per heavy atom. The highest BCUT2D eigenvalue weighted by atomic mass is 16.1. The van der Waals surface area contributed by atoms with Crippen LogP contribution in [0.2, 0.25) is 0 Å². The first-order valence-electron chi connectivity index (χ1n) is 3.70. The molecule has 1 unspecified atom stereocenters. The molecule has 2 nitrogen and oxygen atoms in total. The molecule has 2 rings (SSSR count). The van der Waals surface area contributed by atoms with Gasteiger partial charge in [-0.15, -0.1) is 0 Å². The standard InChI is InChI=1S/C9H9NO/c11-6-8-5-7-3-1-2-4-9(7)10-8/h1-4,6,8,10H,5H2. The van der Waals surface area contributed by atoms with E-state index in [0.29, 0.717) is 0 Å². The molecule has 1 aromatic rings.